The fourth-order valence-corrected chi connectivity index (χ4v) is 3.25. The van der Waals surface area contributed by atoms with E-state index in [-0.39, 0.29) is 24.7 Å². The third-order valence-corrected chi connectivity index (χ3v) is 4.71. The normalized spacial score (nSPS) is 16.0. The summed E-state index contributed by atoms with van der Waals surface area (Å²) < 4.78 is 65.4. The van der Waals surface area contributed by atoms with Crippen molar-refractivity contribution >= 4 is 17.7 Å². The van der Waals surface area contributed by atoms with Gasteiger partial charge in [0.25, 0.3) is 0 Å². The number of hydrogen-bond donors (Lipinski definition) is 1. The molecule has 1 aromatic rings. The lowest BCUT2D eigenvalue weighted by Crippen LogP contribution is -2.47. The van der Waals surface area contributed by atoms with Crippen molar-refractivity contribution < 1.29 is 36.6 Å². The molecule has 1 fully saturated rings. The highest BCUT2D eigenvalue weighted by atomic mass is 19.4. The van der Waals surface area contributed by atoms with Crippen molar-refractivity contribution in [3.8, 4) is 0 Å². The molecule has 1 amide bonds. The van der Waals surface area contributed by atoms with Crippen LogP contribution in [0, 0.1) is 5.82 Å². The molecule has 0 atom stereocenters. The van der Waals surface area contributed by atoms with E-state index in [2.05, 4.69) is 5.32 Å². The van der Waals surface area contributed by atoms with Gasteiger partial charge in [0.15, 0.2) is 0 Å². The molecule has 0 spiro atoms. The first-order chi connectivity index (χ1) is 14.7. The van der Waals surface area contributed by atoms with Crippen LogP contribution in [0.4, 0.5) is 28.0 Å². The van der Waals surface area contributed by atoms with Crippen LogP contribution in [0.2, 0.25) is 0 Å². The second-order valence-corrected chi connectivity index (χ2v) is 8.57. The van der Waals surface area contributed by atoms with Crippen molar-refractivity contribution in [2.75, 3.05) is 44.6 Å². The summed E-state index contributed by atoms with van der Waals surface area (Å²) in [6.45, 7) is 8.93. The number of amides is 1. The average molecular weight is 463 g/mol. The van der Waals surface area contributed by atoms with E-state index in [1.54, 1.807) is 25.7 Å². The van der Waals surface area contributed by atoms with Crippen LogP contribution in [0.1, 0.15) is 38.8 Å². The minimum Gasteiger partial charge on any atom is -0.465 e. The molecule has 0 radical (unpaired) electrons. The monoisotopic (exact) mass is 463 g/mol. The van der Waals surface area contributed by atoms with Gasteiger partial charge in [0, 0.05) is 46.2 Å². The van der Waals surface area contributed by atoms with Gasteiger partial charge in [-0.15, -0.1) is 0 Å². The Bertz CT molecular complexity index is 816. The molecule has 1 saturated heterocycles. The molecule has 32 heavy (non-hydrogen) atoms. The molecule has 2 rings (SSSR count). The Morgan fingerprint density at radius 1 is 1.06 bits per heavy atom. The number of halogens is 4. The Hall–Kier alpha value is -2.40. The summed E-state index contributed by atoms with van der Waals surface area (Å²) in [6, 6.07) is 1.41. The molecule has 180 valence electrons. The summed E-state index contributed by atoms with van der Waals surface area (Å²) in [5, 5.41) is 2.05. The quantitative estimate of drug-likeness (QED) is 0.510. The molecule has 0 saturated carbocycles. The Morgan fingerprint density at radius 3 is 2.19 bits per heavy atom. The number of hydrogen-bond acceptors (Lipinski definition) is 6. The number of ether oxygens (including phenoxy) is 2. The molecule has 1 N–H and O–H groups in total. The van der Waals surface area contributed by atoms with Gasteiger partial charge in [-0.05, 0) is 38.5 Å². The third kappa shape index (κ3) is 8.27. The van der Waals surface area contributed by atoms with Gasteiger partial charge in [0.2, 0.25) is 0 Å². The summed E-state index contributed by atoms with van der Waals surface area (Å²) in [7, 11) is 0. The van der Waals surface area contributed by atoms with Gasteiger partial charge in [-0.25, -0.2) is 9.18 Å². The van der Waals surface area contributed by atoms with Crippen molar-refractivity contribution in [3.05, 3.63) is 29.1 Å². The van der Waals surface area contributed by atoms with Gasteiger partial charge in [0.1, 0.15) is 18.0 Å². The first-order valence-electron chi connectivity index (χ1n) is 10.2. The van der Waals surface area contributed by atoms with Gasteiger partial charge >= 0.3 is 18.2 Å². The summed E-state index contributed by atoms with van der Waals surface area (Å²) >= 11 is 0. The molecule has 0 aliphatic carbocycles. The molecular formula is C21H29F4N3O4. The van der Waals surface area contributed by atoms with E-state index in [9.17, 15) is 27.2 Å². The SMILES string of the molecule is CC(=O)OCCN1CCN(Cc2cc(F)c(NC(=O)OC(C)(C)C)cc2C(F)(F)F)CC1. The van der Waals surface area contributed by atoms with Crippen LogP contribution in [0.3, 0.4) is 0 Å². The number of alkyl halides is 3. The van der Waals surface area contributed by atoms with Crippen LogP contribution in [0.25, 0.3) is 0 Å². The molecular weight excluding hydrogens is 434 g/mol. The third-order valence-electron chi connectivity index (χ3n) is 4.71. The summed E-state index contributed by atoms with van der Waals surface area (Å²) in [5.74, 6) is -1.34. The minimum absolute atomic E-state index is 0.0870. The molecule has 11 heteroatoms. The first-order valence-corrected chi connectivity index (χ1v) is 10.2. The highest BCUT2D eigenvalue weighted by molar-refractivity contribution is 5.85. The zero-order valence-electron chi connectivity index (χ0n) is 18.6. The predicted molar refractivity (Wildman–Crippen MR) is 110 cm³/mol. The van der Waals surface area contributed by atoms with Gasteiger partial charge in [-0.2, -0.15) is 13.2 Å². The summed E-state index contributed by atoms with van der Waals surface area (Å²) in [5.41, 5.74) is -2.70. The Labute approximate surface area is 184 Å². The van der Waals surface area contributed by atoms with Crippen LogP contribution in [0.5, 0.6) is 0 Å². The Morgan fingerprint density at radius 2 is 1.66 bits per heavy atom. The number of carbonyl (C=O) groups is 2. The van der Waals surface area contributed by atoms with Crippen molar-refractivity contribution in [2.24, 2.45) is 0 Å². The fourth-order valence-electron chi connectivity index (χ4n) is 3.25. The number of esters is 1. The van der Waals surface area contributed by atoms with Crippen LogP contribution >= 0.6 is 0 Å². The maximum absolute atomic E-state index is 14.5. The average Bonchev–Trinajstić information content (AvgIpc) is 2.62. The molecule has 7 nitrogen and oxygen atoms in total. The molecule has 1 heterocycles. The Balaban J connectivity index is 2.07. The van der Waals surface area contributed by atoms with Gasteiger partial charge < -0.3 is 9.47 Å². The standard InChI is InChI=1S/C21H29F4N3O4/c1-14(29)31-10-9-27-5-7-28(8-6-27)13-15-11-17(22)18(12-16(15)21(23,24)25)26-19(30)32-20(2,3)4/h11-12H,5-10,13H2,1-4H3,(H,26,30). The lowest BCUT2D eigenvalue weighted by atomic mass is 10.0. The number of benzene rings is 1. The number of rotatable bonds is 6. The number of anilines is 1. The number of piperazine rings is 1. The molecule has 1 aliphatic heterocycles. The van der Waals surface area contributed by atoms with E-state index in [4.69, 9.17) is 9.47 Å². The zero-order chi connectivity index (χ0) is 24.1. The van der Waals surface area contributed by atoms with Crippen LogP contribution in [0.15, 0.2) is 12.1 Å². The van der Waals surface area contributed by atoms with Gasteiger partial charge in [-0.3, -0.25) is 19.9 Å². The smallest absolute Gasteiger partial charge is 0.416 e. The number of carbonyl (C=O) groups excluding carboxylic acids is 2. The maximum atomic E-state index is 14.5. The minimum atomic E-state index is -4.72. The predicted octanol–water partition coefficient (Wildman–Crippen LogP) is 3.87. The highest BCUT2D eigenvalue weighted by Gasteiger charge is 2.35. The van der Waals surface area contributed by atoms with Crippen LogP contribution < -0.4 is 5.32 Å². The van der Waals surface area contributed by atoms with Crippen molar-refractivity contribution in [1.29, 1.82) is 0 Å². The van der Waals surface area contributed by atoms with E-state index >= 15 is 0 Å². The van der Waals surface area contributed by atoms with Crippen molar-refractivity contribution in [3.63, 3.8) is 0 Å². The van der Waals surface area contributed by atoms with Crippen LogP contribution in [-0.4, -0.2) is 66.8 Å². The van der Waals surface area contributed by atoms with E-state index in [1.807, 2.05) is 4.90 Å². The largest absolute Gasteiger partial charge is 0.465 e. The van der Waals surface area contributed by atoms with E-state index < -0.39 is 34.9 Å². The van der Waals surface area contributed by atoms with Gasteiger partial charge in [-0.1, -0.05) is 0 Å². The van der Waals surface area contributed by atoms with Gasteiger partial charge in [0.05, 0.1) is 11.3 Å². The molecule has 0 bridgehead atoms. The Kier molecular flexibility index (Phi) is 8.47. The molecule has 0 unspecified atom stereocenters. The zero-order valence-corrected chi connectivity index (χ0v) is 18.6. The maximum Gasteiger partial charge on any atom is 0.416 e. The lowest BCUT2D eigenvalue weighted by Gasteiger charge is -2.35. The molecule has 1 aromatic carbocycles. The van der Waals surface area contributed by atoms with E-state index in [0.717, 1.165) is 6.07 Å². The summed E-state index contributed by atoms with van der Waals surface area (Å²) in [4.78, 5) is 26.5. The highest BCUT2D eigenvalue weighted by Crippen LogP contribution is 2.36. The lowest BCUT2D eigenvalue weighted by molar-refractivity contribution is -0.141. The van der Waals surface area contributed by atoms with Crippen LogP contribution in [-0.2, 0) is 27.0 Å². The fraction of sp³-hybridized carbons (Fsp3) is 0.619. The van der Waals surface area contributed by atoms with Crippen molar-refractivity contribution in [1.82, 2.24) is 9.80 Å². The van der Waals surface area contributed by atoms with E-state index in [1.165, 1.54) is 6.92 Å². The first kappa shape index (κ1) is 25.9. The second kappa shape index (κ2) is 10.5. The second-order valence-electron chi connectivity index (χ2n) is 8.57. The van der Waals surface area contributed by atoms with E-state index in [0.29, 0.717) is 38.8 Å². The van der Waals surface area contributed by atoms with Crippen molar-refractivity contribution in [2.45, 2.75) is 46.0 Å². The summed E-state index contributed by atoms with van der Waals surface area (Å²) in [6.07, 6.45) is -5.76. The number of nitrogens with one attached hydrogen (secondary N) is 1. The molecule has 1 aliphatic rings. The topological polar surface area (TPSA) is 71.1 Å². The number of nitrogens with zero attached hydrogens (tertiary/aromatic N) is 2. The molecule has 0 aromatic heterocycles.